The smallest absolute Gasteiger partial charge is 0.358 e. The van der Waals surface area contributed by atoms with Crippen LogP contribution in [-0.2, 0) is 11.8 Å². The molecule has 0 atom stereocenters. The minimum absolute atomic E-state index is 0.0112. The van der Waals surface area contributed by atoms with Crippen molar-refractivity contribution in [2.75, 3.05) is 7.11 Å². The highest BCUT2D eigenvalue weighted by molar-refractivity contribution is 5.91. The van der Waals surface area contributed by atoms with Crippen LogP contribution in [0, 0.1) is 5.82 Å². The molecule has 0 bridgehead atoms. The van der Waals surface area contributed by atoms with Crippen molar-refractivity contribution in [1.82, 2.24) is 9.78 Å². The normalized spacial score (nSPS) is 10.2. The van der Waals surface area contributed by atoms with Gasteiger partial charge in [-0.3, -0.25) is 0 Å². The van der Waals surface area contributed by atoms with Gasteiger partial charge >= 0.3 is 11.9 Å². The molecule has 6 nitrogen and oxygen atoms in total. The molecule has 0 saturated heterocycles. The van der Waals surface area contributed by atoms with Gasteiger partial charge in [-0.1, -0.05) is 6.07 Å². The first-order valence-electron chi connectivity index (χ1n) is 5.61. The number of aryl methyl sites for hydroxylation is 1. The van der Waals surface area contributed by atoms with E-state index in [0.29, 0.717) is 0 Å². The molecule has 0 N–H and O–H groups in total. The summed E-state index contributed by atoms with van der Waals surface area (Å²) in [6.45, 7) is 0. The first-order valence-corrected chi connectivity index (χ1v) is 5.61. The van der Waals surface area contributed by atoms with E-state index in [9.17, 15) is 14.0 Å². The summed E-state index contributed by atoms with van der Waals surface area (Å²) < 4.78 is 23.8. The van der Waals surface area contributed by atoms with Crippen LogP contribution in [-0.4, -0.2) is 28.8 Å². The Balaban J connectivity index is 2.20. The van der Waals surface area contributed by atoms with E-state index >= 15 is 0 Å². The lowest BCUT2D eigenvalue weighted by molar-refractivity contribution is 0.0592. The number of halogens is 1. The Hall–Kier alpha value is -2.70. The van der Waals surface area contributed by atoms with E-state index in [4.69, 9.17) is 4.74 Å². The molecule has 1 heterocycles. The molecule has 0 aliphatic heterocycles. The number of aromatic nitrogens is 2. The zero-order valence-corrected chi connectivity index (χ0v) is 10.8. The van der Waals surface area contributed by atoms with Gasteiger partial charge in [-0.25, -0.2) is 18.7 Å². The molecular formula is C13H11FN2O4. The number of nitrogens with zero attached hydrogens (tertiary/aromatic N) is 2. The highest BCUT2D eigenvalue weighted by Gasteiger charge is 2.17. The van der Waals surface area contributed by atoms with Crippen LogP contribution < -0.4 is 4.74 Å². The van der Waals surface area contributed by atoms with Gasteiger partial charge in [0.1, 0.15) is 5.82 Å². The van der Waals surface area contributed by atoms with E-state index < -0.39 is 17.8 Å². The van der Waals surface area contributed by atoms with Gasteiger partial charge in [-0.05, 0) is 18.2 Å². The SMILES string of the molecule is COC(=O)c1cc(OC(=O)c2cccc(F)c2)n(C)n1. The molecule has 2 aromatic rings. The Bertz CT molecular complexity index is 666. The predicted molar refractivity (Wildman–Crippen MR) is 65.9 cm³/mol. The Morgan fingerprint density at radius 1 is 1.25 bits per heavy atom. The number of rotatable bonds is 3. The maximum absolute atomic E-state index is 13.0. The van der Waals surface area contributed by atoms with Crippen molar-refractivity contribution in [1.29, 1.82) is 0 Å². The molecule has 1 aromatic carbocycles. The van der Waals surface area contributed by atoms with Gasteiger partial charge in [0.2, 0.25) is 5.88 Å². The second kappa shape index (κ2) is 5.52. The summed E-state index contributed by atoms with van der Waals surface area (Å²) in [6.07, 6.45) is 0. The molecule has 0 amide bonds. The first kappa shape index (κ1) is 13.7. The van der Waals surface area contributed by atoms with E-state index in [-0.39, 0.29) is 17.1 Å². The number of ether oxygens (including phenoxy) is 2. The highest BCUT2D eigenvalue weighted by atomic mass is 19.1. The van der Waals surface area contributed by atoms with Gasteiger partial charge in [-0.15, -0.1) is 0 Å². The van der Waals surface area contributed by atoms with Crippen molar-refractivity contribution in [3.63, 3.8) is 0 Å². The lowest BCUT2D eigenvalue weighted by atomic mass is 10.2. The maximum atomic E-state index is 13.0. The van der Waals surface area contributed by atoms with Crippen LogP contribution in [0.2, 0.25) is 0 Å². The Morgan fingerprint density at radius 3 is 2.65 bits per heavy atom. The van der Waals surface area contributed by atoms with Crippen molar-refractivity contribution >= 4 is 11.9 Å². The average Bonchev–Trinajstić information content (AvgIpc) is 2.79. The van der Waals surface area contributed by atoms with E-state index in [0.717, 1.165) is 6.07 Å². The van der Waals surface area contributed by atoms with Gasteiger partial charge in [0, 0.05) is 13.1 Å². The molecule has 0 fully saturated rings. The summed E-state index contributed by atoms with van der Waals surface area (Å²) in [4.78, 5) is 23.1. The topological polar surface area (TPSA) is 70.4 Å². The predicted octanol–water partition coefficient (Wildman–Crippen LogP) is 1.56. The molecule has 0 aliphatic rings. The summed E-state index contributed by atoms with van der Waals surface area (Å²) >= 11 is 0. The lowest BCUT2D eigenvalue weighted by Gasteiger charge is -2.03. The lowest BCUT2D eigenvalue weighted by Crippen LogP contribution is -2.11. The molecule has 2 rings (SSSR count). The number of benzene rings is 1. The van der Waals surface area contributed by atoms with Gasteiger partial charge in [0.15, 0.2) is 5.69 Å². The first-order chi connectivity index (χ1) is 9.51. The molecule has 20 heavy (non-hydrogen) atoms. The molecule has 0 aliphatic carbocycles. The molecule has 7 heteroatoms. The summed E-state index contributed by atoms with van der Waals surface area (Å²) in [5.74, 6) is -1.88. The molecule has 0 spiro atoms. The number of esters is 2. The van der Waals surface area contributed by atoms with Crippen LogP contribution in [0.15, 0.2) is 30.3 Å². The number of methoxy groups -OCH3 is 1. The van der Waals surface area contributed by atoms with Crippen molar-refractivity contribution in [3.8, 4) is 5.88 Å². The van der Waals surface area contributed by atoms with Crippen LogP contribution in [0.4, 0.5) is 4.39 Å². The van der Waals surface area contributed by atoms with Crippen LogP contribution in [0.5, 0.6) is 5.88 Å². The summed E-state index contributed by atoms with van der Waals surface area (Å²) in [5, 5.41) is 3.84. The molecule has 1 aromatic heterocycles. The maximum Gasteiger partial charge on any atom is 0.358 e. The van der Waals surface area contributed by atoms with Crippen molar-refractivity contribution in [3.05, 3.63) is 47.4 Å². The number of hydrogen-bond donors (Lipinski definition) is 0. The minimum Gasteiger partial charge on any atom is -0.464 e. The number of carbonyl (C=O) groups excluding carboxylic acids is 2. The largest absolute Gasteiger partial charge is 0.464 e. The van der Waals surface area contributed by atoms with Crippen molar-refractivity contribution in [2.45, 2.75) is 0 Å². The summed E-state index contributed by atoms with van der Waals surface area (Å²) in [7, 11) is 2.72. The number of hydrogen-bond acceptors (Lipinski definition) is 5. The van der Waals surface area contributed by atoms with Crippen LogP contribution in [0.3, 0.4) is 0 Å². The summed E-state index contributed by atoms with van der Waals surface area (Å²) in [5.41, 5.74) is 0.0721. The van der Waals surface area contributed by atoms with Gasteiger partial charge in [-0.2, -0.15) is 5.10 Å². The van der Waals surface area contributed by atoms with Gasteiger partial charge in [0.05, 0.1) is 12.7 Å². The van der Waals surface area contributed by atoms with Crippen LogP contribution in [0.25, 0.3) is 0 Å². The second-order valence-corrected chi connectivity index (χ2v) is 3.88. The van der Waals surface area contributed by atoms with Crippen LogP contribution in [0.1, 0.15) is 20.8 Å². The third-order valence-electron chi connectivity index (χ3n) is 2.49. The molecule has 0 saturated carbocycles. The second-order valence-electron chi connectivity index (χ2n) is 3.88. The van der Waals surface area contributed by atoms with E-state index in [1.54, 1.807) is 0 Å². The van der Waals surface area contributed by atoms with Crippen LogP contribution >= 0.6 is 0 Å². The van der Waals surface area contributed by atoms with Crippen molar-refractivity contribution < 1.29 is 23.5 Å². The van der Waals surface area contributed by atoms with Gasteiger partial charge < -0.3 is 9.47 Å². The Morgan fingerprint density at radius 2 is 2.00 bits per heavy atom. The zero-order chi connectivity index (χ0) is 14.7. The Kier molecular flexibility index (Phi) is 3.79. The fourth-order valence-electron chi connectivity index (χ4n) is 1.52. The monoisotopic (exact) mass is 278 g/mol. The molecular weight excluding hydrogens is 267 g/mol. The zero-order valence-electron chi connectivity index (χ0n) is 10.8. The minimum atomic E-state index is -0.746. The van der Waals surface area contributed by atoms with E-state index in [1.807, 2.05) is 0 Å². The standard InChI is InChI=1S/C13H11FN2O4/c1-16-11(7-10(15-16)13(18)19-2)20-12(17)8-4-3-5-9(14)6-8/h3-7H,1-2H3. The van der Waals surface area contributed by atoms with Gasteiger partial charge in [0.25, 0.3) is 0 Å². The third-order valence-corrected chi connectivity index (χ3v) is 2.49. The molecule has 0 unspecified atom stereocenters. The Labute approximate surface area is 113 Å². The summed E-state index contributed by atoms with van der Waals surface area (Å²) in [6, 6.07) is 6.36. The fourth-order valence-corrected chi connectivity index (χ4v) is 1.52. The van der Waals surface area contributed by atoms with Crippen molar-refractivity contribution in [2.24, 2.45) is 7.05 Å². The third kappa shape index (κ3) is 2.82. The van der Waals surface area contributed by atoms with E-state index in [1.165, 1.54) is 43.1 Å². The molecule has 104 valence electrons. The van der Waals surface area contributed by atoms with E-state index in [2.05, 4.69) is 9.84 Å². The fraction of sp³-hybridized carbons (Fsp3) is 0.154. The quantitative estimate of drug-likeness (QED) is 0.797. The average molecular weight is 278 g/mol. The highest BCUT2D eigenvalue weighted by Crippen LogP contribution is 2.15. The number of carbonyl (C=O) groups is 2. The molecule has 0 radical (unpaired) electrons.